The Hall–Kier alpha value is -1.33. The molecule has 1 aromatic rings. The van der Waals surface area contributed by atoms with Crippen molar-refractivity contribution in [3.05, 3.63) is 35.4 Å². The average molecular weight is 240 g/mol. The molecule has 4 atom stereocenters. The molecule has 18 heavy (non-hydrogen) atoms. The Morgan fingerprint density at radius 3 is 2.61 bits per heavy atom. The number of nitriles is 1. The van der Waals surface area contributed by atoms with Crippen LogP contribution in [-0.2, 0) is 0 Å². The van der Waals surface area contributed by atoms with Gasteiger partial charge < -0.3 is 0 Å². The van der Waals surface area contributed by atoms with Gasteiger partial charge in [0.25, 0.3) is 0 Å². The Morgan fingerprint density at radius 1 is 1.22 bits per heavy atom. The first-order valence-corrected chi connectivity index (χ1v) is 6.89. The second kappa shape index (κ2) is 4.40. The maximum atomic E-state index is 9.54. The van der Waals surface area contributed by atoms with E-state index in [-0.39, 0.29) is 5.92 Å². The second-order valence-corrected chi connectivity index (χ2v) is 5.87. The van der Waals surface area contributed by atoms with E-state index in [4.69, 9.17) is 0 Å². The van der Waals surface area contributed by atoms with E-state index in [0.29, 0.717) is 18.0 Å². The Bertz CT molecular complexity index is 471. The quantitative estimate of drug-likeness (QED) is 0.754. The smallest absolute Gasteiger partial charge is 0.0687 e. The highest BCUT2D eigenvalue weighted by atomic mass is 15.2. The van der Waals surface area contributed by atoms with Crippen LogP contribution in [0, 0.1) is 24.2 Å². The third kappa shape index (κ3) is 1.74. The molecular formula is C16H20N2. The van der Waals surface area contributed by atoms with E-state index in [9.17, 15) is 5.26 Å². The number of aryl methyl sites for hydroxylation is 1. The Kier molecular flexibility index (Phi) is 2.87. The zero-order valence-electron chi connectivity index (χ0n) is 11.1. The van der Waals surface area contributed by atoms with Crippen molar-refractivity contribution in [1.29, 1.82) is 5.26 Å². The van der Waals surface area contributed by atoms with Crippen molar-refractivity contribution in [2.24, 2.45) is 5.92 Å². The van der Waals surface area contributed by atoms with Crippen molar-refractivity contribution in [3.63, 3.8) is 0 Å². The van der Waals surface area contributed by atoms with Crippen LogP contribution >= 0.6 is 0 Å². The van der Waals surface area contributed by atoms with Crippen molar-refractivity contribution in [2.75, 3.05) is 7.05 Å². The summed E-state index contributed by atoms with van der Waals surface area (Å²) in [6.07, 6.45) is 3.61. The molecule has 2 nitrogen and oxygen atoms in total. The van der Waals surface area contributed by atoms with E-state index in [1.807, 2.05) is 0 Å². The highest BCUT2D eigenvalue weighted by molar-refractivity contribution is 5.28. The molecule has 3 rings (SSSR count). The van der Waals surface area contributed by atoms with E-state index in [0.717, 1.165) is 6.42 Å². The number of fused-ring (bicyclic) bond motifs is 2. The number of nitrogens with zero attached hydrogens (tertiary/aromatic N) is 2. The largest absolute Gasteiger partial charge is 0.299 e. The van der Waals surface area contributed by atoms with E-state index in [1.165, 1.54) is 24.0 Å². The molecular weight excluding hydrogens is 220 g/mol. The molecule has 0 amide bonds. The van der Waals surface area contributed by atoms with Gasteiger partial charge in [-0.3, -0.25) is 4.90 Å². The van der Waals surface area contributed by atoms with Gasteiger partial charge in [-0.25, -0.2) is 0 Å². The molecule has 0 radical (unpaired) electrons. The van der Waals surface area contributed by atoms with Gasteiger partial charge in [0, 0.05) is 18.0 Å². The van der Waals surface area contributed by atoms with Gasteiger partial charge in [-0.2, -0.15) is 5.26 Å². The van der Waals surface area contributed by atoms with Crippen LogP contribution in [0.5, 0.6) is 0 Å². The Morgan fingerprint density at radius 2 is 1.94 bits per heavy atom. The average Bonchev–Trinajstić information content (AvgIpc) is 2.63. The summed E-state index contributed by atoms with van der Waals surface area (Å²) >= 11 is 0. The minimum absolute atomic E-state index is 0.163. The van der Waals surface area contributed by atoms with Crippen LogP contribution in [0.2, 0.25) is 0 Å². The van der Waals surface area contributed by atoms with Gasteiger partial charge in [-0.15, -0.1) is 0 Å². The number of rotatable bonds is 1. The predicted molar refractivity (Wildman–Crippen MR) is 72.2 cm³/mol. The lowest BCUT2D eigenvalue weighted by Gasteiger charge is -2.40. The summed E-state index contributed by atoms with van der Waals surface area (Å²) in [5.74, 6) is 0.598. The van der Waals surface area contributed by atoms with Crippen LogP contribution in [0.4, 0.5) is 0 Å². The molecule has 0 saturated carbocycles. The molecule has 0 spiro atoms. The van der Waals surface area contributed by atoms with Crippen LogP contribution in [0.15, 0.2) is 24.3 Å². The fourth-order valence-electron chi connectivity index (χ4n) is 3.80. The van der Waals surface area contributed by atoms with Crippen LogP contribution in [0.25, 0.3) is 0 Å². The molecule has 2 heteroatoms. The summed E-state index contributed by atoms with van der Waals surface area (Å²) in [7, 11) is 2.19. The first-order chi connectivity index (χ1) is 8.70. The Labute approximate surface area is 109 Å². The summed E-state index contributed by atoms with van der Waals surface area (Å²) in [4.78, 5) is 2.44. The molecule has 0 aliphatic carbocycles. The van der Waals surface area contributed by atoms with Gasteiger partial charge in [0.2, 0.25) is 0 Å². The molecule has 2 aliphatic heterocycles. The molecule has 2 fully saturated rings. The molecule has 0 aromatic heterocycles. The summed E-state index contributed by atoms with van der Waals surface area (Å²) in [6, 6.07) is 12.5. The molecule has 2 aliphatic rings. The molecule has 94 valence electrons. The molecule has 2 heterocycles. The lowest BCUT2D eigenvalue weighted by atomic mass is 9.77. The van der Waals surface area contributed by atoms with Crippen LogP contribution in [0.3, 0.4) is 0 Å². The Balaban J connectivity index is 1.93. The van der Waals surface area contributed by atoms with Gasteiger partial charge >= 0.3 is 0 Å². The standard InChI is InChI=1S/C16H20N2/c1-11-3-5-12(6-4-11)14-9-13-7-8-16(18(13)2)15(14)10-17/h3-6,13-16H,7-9H2,1-2H3/t13-,14+,15-,16+/m0/s1. The third-order valence-corrected chi connectivity index (χ3v) is 4.92. The summed E-state index contributed by atoms with van der Waals surface area (Å²) < 4.78 is 0. The summed E-state index contributed by atoms with van der Waals surface area (Å²) in [5.41, 5.74) is 2.65. The fraction of sp³-hybridized carbons (Fsp3) is 0.562. The highest BCUT2D eigenvalue weighted by Crippen LogP contribution is 2.45. The molecule has 0 unspecified atom stereocenters. The van der Waals surface area contributed by atoms with Gasteiger partial charge in [0.15, 0.2) is 0 Å². The highest BCUT2D eigenvalue weighted by Gasteiger charge is 2.45. The maximum Gasteiger partial charge on any atom is 0.0687 e. The third-order valence-electron chi connectivity index (χ3n) is 4.92. The molecule has 0 N–H and O–H groups in total. The SMILES string of the molecule is Cc1ccc([C@H]2C[C@@H]3CC[C@H]([C@H]2C#N)N3C)cc1. The predicted octanol–water partition coefficient (Wildman–Crippen LogP) is 3.08. The van der Waals surface area contributed by atoms with E-state index in [1.54, 1.807) is 0 Å². The van der Waals surface area contributed by atoms with Gasteiger partial charge in [-0.05, 0) is 38.8 Å². The lowest BCUT2D eigenvalue weighted by molar-refractivity contribution is 0.127. The minimum Gasteiger partial charge on any atom is -0.299 e. The van der Waals surface area contributed by atoms with Crippen molar-refractivity contribution < 1.29 is 0 Å². The molecule has 2 saturated heterocycles. The topological polar surface area (TPSA) is 27.0 Å². The van der Waals surface area contributed by atoms with Gasteiger partial charge in [0.1, 0.15) is 0 Å². The van der Waals surface area contributed by atoms with Gasteiger partial charge in [0.05, 0.1) is 12.0 Å². The first kappa shape index (κ1) is 11.7. The minimum atomic E-state index is 0.163. The first-order valence-electron chi connectivity index (χ1n) is 6.89. The van der Waals surface area contributed by atoms with Crippen LogP contribution in [0.1, 0.15) is 36.3 Å². The normalized spacial score (nSPS) is 35.4. The zero-order valence-corrected chi connectivity index (χ0v) is 11.1. The number of hydrogen-bond acceptors (Lipinski definition) is 2. The monoisotopic (exact) mass is 240 g/mol. The number of hydrogen-bond donors (Lipinski definition) is 0. The summed E-state index contributed by atoms with van der Waals surface area (Å²) in [5, 5.41) is 9.54. The van der Waals surface area contributed by atoms with Crippen molar-refractivity contribution >= 4 is 0 Å². The number of benzene rings is 1. The fourth-order valence-corrected chi connectivity index (χ4v) is 3.80. The van der Waals surface area contributed by atoms with Crippen molar-refractivity contribution in [3.8, 4) is 6.07 Å². The zero-order chi connectivity index (χ0) is 12.7. The van der Waals surface area contributed by atoms with Crippen molar-refractivity contribution in [2.45, 2.75) is 44.2 Å². The molecule has 2 bridgehead atoms. The number of piperidine rings is 1. The van der Waals surface area contributed by atoms with E-state index >= 15 is 0 Å². The molecule has 1 aromatic carbocycles. The van der Waals surface area contributed by atoms with Crippen LogP contribution in [-0.4, -0.2) is 24.0 Å². The second-order valence-electron chi connectivity index (χ2n) is 5.87. The van der Waals surface area contributed by atoms with Crippen molar-refractivity contribution in [1.82, 2.24) is 4.90 Å². The summed E-state index contributed by atoms with van der Waals surface area (Å²) in [6.45, 7) is 2.11. The van der Waals surface area contributed by atoms with Gasteiger partial charge in [-0.1, -0.05) is 29.8 Å². The maximum absolute atomic E-state index is 9.54. The van der Waals surface area contributed by atoms with E-state index < -0.39 is 0 Å². The van der Waals surface area contributed by atoms with E-state index in [2.05, 4.69) is 49.2 Å². The lowest BCUT2D eigenvalue weighted by Crippen LogP contribution is -2.45. The van der Waals surface area contributed by atoms with Crippen LogP contribution < -0.4 is 0 Å².